The van der Waals surface area contributed by atoms with Crippen molar-refractivity contribution in [3.8, 4) is 0 Å². The van der Waals surface area contributed by atoms with Gasteiger partial charge in [-0.05, 0) is 0 Å². The monoisotopic (exact) mass is 412 g/mol. The third-order valence-electron chi connectivity index (χ3n) is 3.88. The molecule has 0 nitrogen and oxygen atoms in total. The van der Waals surface area contributed by atoms with E-state index in [1.54, 1.807) is 12.1 Å². The summed E-state index contributed by atoms with van der Waals surface area (Å²) in [6, 6.07) is 15.9. The molecule has 2 aromatic carbocycles. The Morgan fingerprint density at radius 1 is 0.960 bits per heavy atom. The molecule has 0 heterocycles. The van der Waals surface area contributed by atoms with Gasteiger partial charge in [0.25, 0.3) is 0 Å². The van der Waals surface area contributed by atoms with Gasteiger partial charge < -0.3 is 0 Å². The van der Waals surface area contributed by atoms with Crippen LogP contribution in [0, 0.1) is 0 Å². The first-order valence-electron chi connectivity index (χ1n) is 8.53. The number of allylic oxidation sites excluding steroid dienone is 1. The van der Waals surface area contributed by atoms with Crippen molar-refractivity contribution in [2.45, 2.75) is 44.1 Å². The molecule has 4 heteroatoms. The van der Waals surface area contributed by atoms with E-state index in [0.717, 1.165) is 42.3 Å². The van der Waals surface area contributed by atoms with Crippen molar-refractivity contribution >= 4 is 25.5 Å². The Kier molecular flexibility index (Phi) is 7.80. The number of hydrogen-bond acceptors (Lipinski definition) is 0. The number of alkyl halides is 3. The van der Waals surface area contributed by atoms with E-state index >= 15 is 0 Å². The molecule has 0 fully saturated rings. The summed E-state index contributed by atoms with van der Waals surface area (Å²) < 4.78 is 39.4. The van der Waals surface area contributed by atoms with E-state index in [2.05, 4.69) is 25.1 Å². The summed E-state index contributed by atoms with van der Waals surface area (Å²) in [5.41, 5.74) is 1.59. The van der Waals surface area contributed by atoms with Gasteiger partial charge in [0.05, 0.1) is 0 Å². The van der Waals surface area contributed by atoms with Crippen molar-refractivity contribution in [1.29, 1.82) is 0 Å². The predicted molar refractivity (Wildman–Crippen MR) is 100 cm³/mol. The Labute approximate surface area is 154 Å². The van der Waals surface area contributed by atoms with E-state index in [9.17, 15) is 13.2 Å². The third kappa shape index (κ3) is 7.09. The second kappa shape index (κ2) is 9.84. The molecule has 25 heavy (non-hydrogen) atoms. The number of hydrogen-bond donors (Lipinski definition) is 0. The Morgan fingerprint density at radius 2 is 1.64 bits per heavy atom. The molecule has 0 aliphatic rings. The predicted octanol–water partition coefficient (Wildman–Crippen LogP) is 6.12. The zero-order valence-corrected chi connectivity index (χ0v) is 16.1. The van der Waals surface area contributed by atoms with Crippen molar-refractivity contribution in [3.63, 3.8) is 0 Å². The van der Waals surface area contributed by atoms with Crippen LogP contribution in [0.3, 0.4) is 0 Å². The maximum atomic E-state index is 12.7. The Hall–Kier alpha value is -1.51. The summed E-state index contributed by atoms with van der Waals surface area (Å²) in [6.07, 6.45) is 2.29. The van der Waals surface area contributed by atoms with Crippen molar-refractivity contribution in [2.75, 3.05) is 0 Å². The average Bonchev–Trinajstić information content (AvgIpc) is 2.60. The SMILES string of the molecule is CCCCC/C(=C/c1ccc(C(F)(F)F)cc1)C[Se]c1ccccc1. The zero-order valence-electron chi connectivity index (χ0n) is 14.4. The molecule has 134 valence electrons. The van der Waals surface area contributed by atoms with Gasteiger partial charge in [0.2, 0.25) is 0 Å². The molecule has 0 saturated heterocycles. The van der Waals surface area contributed by atoms with Gasteiger partial charge >= 0.3 is 154 Å². The van der Waals surface area contributed by atoms with Crippen LogP contribution in [0.1, 0.15) is 43.7 Å². The molecule has 0 aromatic heterocycles. The summed E-state index contributed by atoms with van der Waals surface area (Å²) in [5, 5.41) is 1.00. The minimum absolute atomic E-state index is 0.352. The van der Waals surface area contributed by atoms with Gasteiger partial charge in [0.15, 0.2) is 0 Å². The van der Waals surface area contributed by atoms with E-state index in [-0.39, 0.29) is 0 Å². The summed E-state index contributed by atoms with van der Waals surface area (Å²) in [6.45, 7) is 2.17. The summed E-state index contributed by atoms with van der Waals surface area (Å²) in [7, 11) is 0. The standard InChI is InChI=1S/C21H23F3Se/c1-2-3-5-8-18(16-25-20-9-6-4-7-10-20)15-17-11-13-19(14-12-17)21(22,23)24/h4,6-7,9-15H,2-3,5,8,16H2,1H3/b18-15-. The molecule has 0 spiro atoms. The molecule has 0 N–H and O–H groups in total. The van der Waals surface area contributed by atoms with Crippen molar-refractivity contribution in [3.05, 3.63) is 71.3 Å². The molecule has 0 unspecified atom stereocenters. The number of unbranched alkanes of at least 4 members (excludes halogenated alkanes) is 2. The molecule has 0 bridgehead atoms. The normalized spacial score (nSPS) is 12.4. The molecule has 0 saturated carbocycles. The van der Waals surface area contributed by atoms with E-state index in [1.807, 2.05) is 18.2 Å². The van der Waals surface area contributed by atoms with Gasteiger partial charge in [-0.2, -0.15) is 0 Å². The topological polar surface area (TPSA) is 0 Å². The van der Waals surface area contributed by atoms with Gasteiger partial charge in [-0.25, -0.2) is 0 Å². The molecule has 0 amide bonds. The fraction of sp³-hybridized carbons (Fsp3) is 0.333. The summed E-state index contributed by atoms with van der Waals surface area (Å²) in [5.74, 6) is 0. The molecular formula is C21H23F3Se. The Balaban J connectivity index is 2.08. The quantitative estimate of drug-likeness (QED) is 0.363. The van der Waals surface area contributed by atoms with E-state index in [1.165, 1.54) is 16.5 Å². The number of halogens is 3. The maximum absolute atomic E-state index is 12.7. The average molecular weight is 411 g/mol. The minimum atomic E-state index is -4.28. The molecule has 0 radical (unpaired) electrons. The second-order valence-corrected chi connectivity index (χ2v) is 8.18. The van der Waals surface area contributed by atoms with Crippen LogP contribution < -0.4 is 4.46 Å². The van der Waals surface area contributed by atoms with E-state index in [0.29, 0.717) is 15.0 Å². The second-order valence-electron chi connectivity index (χ2n) is 5.98. The molecule has 0 atom stereocenters. The molecule has 0 aliphatic carbocycles. The van der Waals surface area contributed by atoms with Crippen LogP contribution >= 0.6 is 0 Å². The fourth-order valence-electron chi connectivity index (χ4n) is 2.48. The first kappa shape index (κ1) is 19.8. The zero-order chi connectivity index (χ0) is 18.1. The van der Waals surface area contributed by atoms with Gasteiger partial charge in [0.1, 0.15) is 0 Å². The van der Waals surface area contributed by atoms with Gasteiger partial charge in [-0.15, -0.1) is 0 Å². The summed E-state index contributed by atoms with van der Waals surface area (Å²) in [4.78, 5) is 0. The molecular weight excluding hydrogens is 388 g/mol. The van der Waals surface area contributed by atoms with Gasteiger partial charge in [-0.1, -0.05) is 0 Å². The Morgan fingerprint density at radius 3 is 2.24 bits per heavy atom. The van der Waals surface area contributed by atoms with Crippen molar-refractivity contribution < 1.29 is 13.2 Å². The number of benzene rings is 2. The van der Waals surface area contributed by atoms with Crippen LogP contribution in [-0.2, 0) is 6.18 Å². The van der Waals surface area contributed by atoms with Crippen LogP contribution in [0.25, 0.3) is 6.08 Å². The van der Waals surface area contributed by atoms with Crippen LogP contribution in [0.15, 0.2) is 60.2 Å². The van der Waals surface area contributed by atoms with Crippen LogP contribution in [-0.4, -0.2) is 15.0 Å². The van der Waals surface area contributed by atoms with E-state index in [4.69, 9.17) is 0 Å². The molecule has 0 aliphatic heterocycles. The molecule has 2 aromatic rings. The number of rotatable bonds is 8. The Bertz CT molecular complexity index is 658. The first-order valence-corrected chi connectivity index (χ1v) is 10.6. The fourth-order valence-corrected chi connectivity index (χ4v) is 4.43. The van der Waals surface area contributed by atoms with Crippen molar-refractivity contribution in [1.82, 2.24) is 0 Å². The van der Waals surface area contributed by atoms with Gasteiger partial charge in [0, 0.05) is 0 Å². The van der Waals surface area contributed by atoms with Crippen LogP contribution in [0.5, 0.6) is 0 Å². The van der Waals surface area contributed by atoms with Crippen molar-refractivity contribution in [2.24, 2.45) is 0 Å². The van der Waals surface area contributed by atoms with Gasteiger partial charge in [-0.3, -0.25) is 0 Å². The van der Waals surface area contributed by atoms with Crippen LogP contribution in [0.2, 0.25) is 5.32 Å². The van der Waals surface area contributed by atoms with Crippen LogP contribution in [0.4, 0.5) is 13.2 Å². The third-order valence-corrected chi connectivity index (χ3v) is 6.23. The first-order chi connectivity index (χ1) is 12.0. The molecule has 2 rings (SSSR count). The summed E-state index contributed by atoms with van der Waals surface area (Å²) >= 11 is 0.352. The van der Waals surface area contributed by atoms with E-state index < -0.39 is 11.7 Å².